The van der Waals surface area contributed by atoms with E-state index in [4.69, 9.17) is 31.5 Å². The van der Waals surface area contributed by atoms with Gasteiger partial charge in [-0.2, -0.15) is 18.6 Å². The average Bonchev–Trinajstić information content (AvgIpc) is 3.19. The van der Waals surface area contributed by atoms with E-state index < -0.39 is 54.6 Å². The minimum absolute atomic E-state index is 0.0360. The smallest absolute Gasteiger partial charge is 0.390 e. The van der Waals surface area contributed by atoms with Gasteiger partial charge in [-0.1, -0.05) is 5.11 Å². The van der Waals surface area contributed by atoms with E-state index in [9.17, 15) is 28.6 Å². The van der Waals surface area contributed by atoms with Crippen LogP contribution in [0.3, 0.4) is 0 Å². The zero-order chi connectivity index (χ0) is 25.5. The number of rotatable bonds is 9. The van der Waals surface area contributed by atoms with Crippen molar-refractivity contribution in [1.82, 2.24) is 19.5 Å². The number of anilines is 2. The van der Waals surface area contributed by atoms with Crippen molar-refractivity contribution < 1.29 is 56.3 Å². The van der Waals surface area contributed by atoms with Crippen LogP contribution in [0, 0.1) is 0 Å². The second-order valence-corrected chi connectivity index (χ2v) is 10.8. The average molecular weight is 547 g/mol. The van der Waals surface area contributed by atoms with Crippen LogP contribution < -0.4 is 11.5 Å². The third-order valence-corrected chi connectivity index (χ3v) is 7.88. The molecule has 3 unspecified atom stereocenters. The van der Waals surface area contributed by atoms with Gasteiger partial charge in [-0.15, -0.1) is 0 Å². The predicted molar refractivity (Wildman–Crippen MR) is 107 cm³/mol. The summed E-state index contributed by atoms with van der Waals surface area (Å²) < 4.78 is 52.4. The predicted octanol–water partition coefficient (Wildman–Crippen LogP) is -0.729. The molecule has 6 atom stereocenters. The highest BCUT2D eigenvalue weighted by atomic mass is 31.3. The molecule has 0 amide bonds. The zero-order valence-electron chi connectivity index (χ0n) is 16.3. The number of phosphoric ester groups is 1. The first-order valence-corrected chi connectivity index (χ1v) is 13.1. The summed E-state index contributed by atoms with van der Waals surface area (Å²) in [6, 6.07) is -1.37. The lowest BCUT2D eigenvalue weighted by Gasteiger charge is -2.19. The van der Waals surface area contributed by atoms with Crippen molar-refractivity contribution >= 4 is 46.4 Å². The molecule has 0 saturated carbocycles. The molecule has 1 fully saturated rings. The summed E-state index contributed by atoms with van der Waals surface area (Å²) >= 11 is 0. The summed E-state index contributed by atoms with van der Waals surface area (Å²) in [5.74, 6) is -0.306. The van der Waals surface area contributed by atoms with E-state index in [0.717, 1.165) is 6.33 Å². The van der Waals surface area contributed by atoms with Crippen molar-refractivity contribution in [2.45, 2.75) is 24.5 Å². The third-order valence-electron chi connectivity index (χ3n) is 4.08. The number of phosphoric acid groups is 3. The van der Waals surface area contributed by atoms with Crippen molar-refractivity contribution in [2.75, 3.05) is 18.1 Å². The number of azide groups is 1. The van der Waals surface area contributed by atoms with Crippen LogP contribution >= 0.6 is 23.5 Å². The van der Waals surface area contributed by atoms with Crippen LogP contribution in [0.15, 0.2) is 11.4 Å². The molecule has 1 aliphatic rings. The molecule has 188 valence electrons. The first-order valence-electron chi connectivity index (χ1n) is 8.54. The number of imidazole rings is 1. The summed E-state index contributed by atoms with van der Waals surface area (Å²) in [7, 11) is -16.8. The van der Waals surface area contributed by atoms with Gasteiger partial charge in [0.15, 0.2) is 11.5 Å². The van der Waals surface area contributed by atoms with E-state index in [2.05, 4.69) is 38.1 Å². The number of aromatic nitrogens is 4. The molecular weight excluding hydrogens is 531 g/mol. The molecule has 21 nitrogen and oxygen atoms in total. The van der Waals surface area contributed by atoms with Crippen LogP contribution in [0.2, 0.25) is 0 Å². The van der Waals surface area contributed by atoms with Gasteiger partial charge in [0, 0.05) is 4.91 Å². The highest BCUT2D eigenvalue weighted by Crippen LogP contribution is 2.66. The van der Waals surface area contributed by atoms with Crippen LogP contribution in [0.25, 0.3) is 21.6 Å². The molecule has 24 heteroatoms. The number of hydrogen-bond acceptors (Lipinski definition) is 14. The quantitative estimate of drug-likeness (QED) is 0.0880. The molecule has 0 aliphatic carbocycles. The molecule has 1 aliphatic heterocycles. The SMILES string of the molecule is [N-]=[N+]=NC1[C@H](n2cnc3c(N)nc(N)nc32)O[C@H](COP(=O)(O)OP(=O)(O)OP(=O)(O)O)[C@H]1O. The van der Waals surface area contributed by atoms with E-state index in [0.29, 0.717) is 0 Å². The number of fused-ring (bicyclic) bond motifs is 1. The van der Waals surface area contributed by atoms with Gasteiger partial charge in [0.1, 0.15) is 23.9 Å². The fraction of sp³-hybridized carbons (Fsp3) is 0.500. The topological polar surface area (TPSA) is 334 Å². The fourth-order valence-corrected chi connectivity index (χ4v) is 5.92. The normalized spacial score (nSPS) is 26.6. The lowest BCUT2D eigenvalue weighted by molar-refractivity contribution is -0.0428. The number of nitrogens with zero attached hydrogens (tertiary/aromatic N) is 7. The molecule has 9 N–H and O–H groups in total. The Morgan fingerprint density at radius 1 is 1.18 bits per heavy atom. The summed E-state index contributed by atoms with van der Waals surface area (Å²) in [5.41, 5.74) is 20.3. The number of hydrogen-bond donors (Lipinski definition) is 7. The summed E-state index contributed by atoms with van der Waals surface area (Å²) in [4.78, 5) is 50.1. The van der Waals surface area contributed by atoms with Gasteiger partial charge in [0.05, 0.1) is 19.0 Å². The van der Waals surface area contributed by atoms with Gasteiger partial charge in [0.25, 0.3) is 0 Å². The van der Waals surface area contributed by atoms with Gasteiger partial charge in [-0.25, -0.2) is 18.7 Å². The van der Waals surface area contributed by atoms with Gasteiger partial charge < -0.3 is 40.9 Å². The maximum Gasteiger partial charge on any atom is 0.490 e. The number of nitrogen functional groups attached to an aromatic ring is 2. The van der Waals surface area contributed by atoms with Crippen molar-refractivity contribution in [3.05, 3.63) is 16.8 Å². The monoisotopic (exact) mass is 547 g/mol. The molecule has 3 heterocycles. The highest BCUT2D eigenvalue weighted by molar-refractivity contribution is 7.66. The molecule has 0 aromatic carbocycles. The van der Waals surface area contributed by atoms with Crippen LogP contribution in [0.5, 0.6) is 0 Å². The molecule has 1 saturated heterocycles. The lowest BCUT2D eigenvalue weighted by atomic mass is 10.1. The lowest BCUT2D eigenvalue weighted by Crippen LogP contribution is -2.32. The molecule has 3 rings (SSSR count). The van der Waals surface area contributed by atoms with Crippen molar-refractivity contribution in [3.63, 3.8) is 0 Å². The Bertz CT molecular complexity index is 1280. The second-order valence-electron chi connectivity index (χ2n) is 6.43. The van der Waals surface area contributed by atoms with Crippen molar-refractivity contribution in [2.24, 2.45) is 5.11 Å². The minimum atomic E-state index is -5.74. The third kappa shape index (κ3) is 6.07. The van der Waals surface area contributed by atoms with E-state index in [1.165, 1.54) is 4.57 Å². The van der Waals surface area contributed by atoms with Crippen LogP contribution in [-0.2, 0) is 31.6 Å². The molecule has 2 aromatic heterocycles. The fourth-order valence-electron chi connectivity index (χ4n) is 2.89. The molecule has 0 bridgehead atoms. The largest absolute Gasteiger partial charge is 0.490 e. The number of ether oxygens (including phenoxy) is 1. The zero-order valence-corrected chi connectivity index (χ0v) is 19.0. The number of aliphatic hydroxyl groups excluding tert-OH is 1. The Kier molecular flexibility index (Phi) is 7.33. The van der Waals surface area contributed by atoms with Crippen LogP contribution in [0.1, 0.15) is 6.23 Å². The second kappa shape index (κ2) is 9.44. The Balaban J connectivity index is 1.80. The Hall–Kier alpha value is -2.21. The Morgan fingerprint density at radius 3 is 2.47 bits per heavy atom. The Morgan fingerprint density at radius 2 is 1.85 bits per heavy atom. The first kappa shape index (κ1) is 26.4. The van der Waals surface area contributed by atoms with Crippen LogP contribution in [0.4, 0.5) is 11.8 Å². The van der Waals surface area contributed by atoms with E-state index in [1.54, 1.807) is 0 Å². The molecule has 0 radical (unpaired) electrons. The van der Waals surface area contributed by atoms with E-state index in [-0.39, 0.29) is 22.9 Å². The molecular formula is C10H16N9O12P3. The van der Waals surface area contributed by atoms with Crippen molar-refractivity contribution in [1.29, 1.82) is 0 Å². The standard InChI is InChI=1S/C10H16N9O12P3/c11-7-5-8(16-10(12)15-7)19(2-14-5)9-4(17-18-13)6(20)3(29-9)1-28-33(24,25)31-34(26,27)30-32(21,22)23/h2-4,6,9,20H,1H2,(H,24,25)(H,26,27)(H2,21,22,23)(H4,11,12,15,16)/t3-,4?,6-,9-/m1/s1. The summed E-state index contributed by atoms with van der Waals surface area (Å²) in [6.45, 7) is -0.995. The van der Waals surface area contributed by atoms with E-state index >= 15 is 0 Å². The van der Waals surface area contributed by atoms with Gasteiger partial charge in [-0.05, 0) is 5.53 Å². The first-order chi connectivity index (χ1) is 15.6. The van der Waals surface area contributed by atoms with Gasteiger partial charge >= 0.3 is 23.5 Å². The van der Waals surface area contributed by atoms with Gasteiger partial charge in [0.2, 0.25) is 5.95 Å². The van der Waals surface area contributed by atoms with Crippen LogP contribution in [-0.4, -0.2) is 69.1 Å². The highest BCUT2D eigenvalue weighted by Gasteiger charge is 2.47. The molecule has 0 spiro atoms. The Labute approximate surface area is 187 Å². The molecule has 34 heavy (non-hydrogen) atoms. The summed E-state index contributed by atoms with van der Waals surface area (Å²) in [6.07, 6.45) is -3.31. The minimum Gasteiger partial charge on any atom is -0.390 e. The van der Waals surface area contributed by atoms with Crippen molar-refractivity contribution in [3.8, 4) is 0 Å². The summed E-state index contributed by atoms with van der Waals surface area (Å²) in [5, 5.41) is 13.9. The van der Waals surface area contributed by atoms with E-state index in [1.807, 2.05) is 0 Å². The molecule has 2 aromatic rings. The number of aliphatic hydroxyl groups is 1. The maximum absolute atomic E-state index is 11.9. The maximum atomic E-state index is 11.9. The van der Waals surface area contributed by atoms with Gasteiger partial charge in [-0.3, -0.25) is 9.09 Å². The number of nitrogens with two attached hydrogens (primary N) is 2.